The summed E-state index contributed by atoms with van der Waals surface area (Å²) < 4.78 is 3.42. The maximum absolute atomic E-state index is 13.0. The van der Waals surface area contributed by atoms with Crippen LogP contribution in [-0.2, 0) is 17.9 Å². The minimum Gasteiger partial charge on any atom is -0.354 e. The van der Waals surface area contributed by atoms with Gasteiger partial charge in [0, 0.05) is 25.2 Å². The zero-order valence-electron chi connectivity index (χ0n) is 16.0. The minimum absolute atomic E-state index is 0.0931. The van der Waals surface area contributed by atoms with E-state index in [0.717, 1.165) is 36.8 Å². The molecule has 0 aliphatic heterocycles. The summed E-state index contributed by atoms with van der Waals surface area (Å²) in [6.45, 7) is 1.37. The molecule has 0 saturated heterocycles. The average molecular weight is 378 g/mol. The molecule has 3 aromatic rings. The fourth-order valence-corrected chi connectivity index (χ4v) is 4.07. The summed E-state index contributed by atoms with van der Waals surface area (Å²) in [5, 5.41) is 3.02. The van der Waals surface area contributed by atoms with Crippen molar-refractivity contribution in [2.75, 3.05) is 6.54 Å². The SMILES string of the molecule is O=C(NCCn1c(=O)n(Cc2ccccc2)c2cccnc21)C1CCCCC1. The Morgan fingerprint density at radius 1 is 1.04 bits per heavy atom. The molecule has 1 aromatic carbocycles. The van der Waals surface area contributed by atoms with Crippen LogP contribution in [0, 0.1) is 5.92 Å². The Morgan fingerprint density at radius 2 is 1.82 bits per heavy atom. The molecule has 6 nitrogen and oxygen atoms in total. The number of hydrogen-bond acceptors (Lipinski definition) is 3. The molecule has 0 radical (unpaired) electrons. The van der Waals surface area contributed by atoms with Crippen molar-refractivity contribution in [3.8, 4) is 0 Å². The van der Waals surface area contributed by atoms with Crippen LogP contribution in [0.3, 0.4) is 0 Å². The first-order chi connectivity index (χ1) is 13.7. The van der Waals surface area contributed by atoms with Crippen molar-refractivity contribution >= 4 is 17.1 Å². The molecule has 1 N–H and O–H groups in total. The van der Waals surface area contributed by atoms with Gasteiger partial charge in [-0.2, -0.15) is 0 Å². The first-order valence-corrected chi connectivity index (χ1v) is 10.1. The molecule has 146 valence electrons. The van der Waals surface area contributed by atoms with Gasteiger partial charge in [0.1, 0.15) is 0 Å². The van der Waals surface area contributed by atoms with Crippen molar-refractivity contribution < 1.29 is 4.79 Å². The Hall–Kier alpha value is -2.89. The predicted molar refractivity (Wildman–Crippen MR) is 109 cm³/mol. The normalized spacial score (nSPS) is 15.0. The van der Waals surface area contributed by atoms with Gasteiger partial charge in [-0.25, -0.2) is 9.78 Å². The van der Waals surface area contributed by atoms with E-state index in [-0.39, 0.29) is 17.5 Å². The summed E-state index contributed by atoms with van der Waals surface area (Å²) in [6, 6.07) is 13.7. The van der Waals surface area contributed by atoms with E-state index >= 15 is 0 Å². The summed E-state index contributed by atoms with van der Waals surface area (Å²) in [5.74, 6) is 0.247. The van der Waals surface area contributed by atoms with Crippen molar-refractivity contribution in [2.24, 2.45) is 5.92 Å². The molecule has 1 amide bonds. The number of nitrogens with one attached hydrogen (secondary N) is 1. The lowest BCUT2D eigenvalue weighted by Crippen LogP contribution is -2.36. The Balaban J connectivity index is 1.51. The molecule has 28 heavy (non-hydrogen) atoms. The molecule has 0 bridgehead atoms. The van der Waals surface area contributed by atoms with Crippen LogP contribution in [0.1, 0.15) is 37.7 Å². The van der Waals surface area contributed by atoms with Crippen LogP contribution in [0.4, 0.5) is 0 Å². The molecule has 1 fully saturated rings. The van der Waals surface area contributed by atoms with Crippen LogP contribution in [0.5, 0.6) is 0 Å². The number of imidazole rings is 1. The molecule has 6 heteroatoms. The predicted octanol–water partition coefficient (Wildman–Crippen LogP) is 2.94. The lowest BCUT2D eigenvalue weighted by molar-refractivity contribution is -0.125. The highest BCUT2D eigenvalue weighted by Gasteiger charge is 2.21. The topological polar surface area (TPSA) is 68.9 Å². The van der Waals surface area contributed by atoms with Gasteiger partial charge >= 0.3 is 5.69 Å². The van der Waals surface area contributed by atoms with Gasteiger partial charge in [0.25, 0.3) is 0 Å². The molecule has 1 saturated carbocycles. The van der Waals surface area contributed by atoms with Crippen molar-refractivity contribution in [1.29, 1.82) is 0 Å². The van der Waals surface area contributed by atoms with Gasteiger partial charge in [0.05, 0.1) is 12.1 Å². The monoisotopic (exact) mass is 378 g/mol. The second-order valence-corrected chi connectivity index (χ2v) is 7.48. The Labute approximate surface area is 164 Å². The summed E-state index contributed by atoms with van der Waals surface area (Å²) in [4.78, 5) is 29.8. The smallest absolute Gasteiger partial charge is 0.330 e. The first kappa shape index (κ1) is 18.5. The zero-order valence-corrected chi connectivity index (χ0v) is 16.0. The van der Waals surface area contributed by atoms with E-state index in [1.54, 1.807) is 15.3 Å². The van der Waals surface area contributed by atoms with Crippen LogP contribution < -0.4 is 11.0 Å². The molecule has 0 atom stereocenters. The largest absolute Gasteiger partial charge is 0.354 e. The molecular formula is C22H26N4O2. The number of benzene rings is 1. The highest BCUT2D eigenvalue weighted by atomic mass is 16.2. The van der Waals surface area contributed by atoms with Gasteiger partial charge in [0.15, 0.2) is 5.65 Å². The fourth-order valence-electron chi connectivity index (χ4n) is 4.07. The number of pyridine rings is 1. The maximum Gasteiger partial charge on any atom is 0.330 e. The van der Waals surface area contributed by atoms with Crippen molar-refractivity contribution in [3.63, 3.8) is 0 Å². The molecule has 2 aromatic heterocycles. The second-order valence-electron chi connectivity index (χ2n) is 7.48. The zero-order chi connectivity index (χ0) is 19.3. The molecule has 1 aliphatic carbocycles. The minimum atomic E-state index is -0.0931. The van der Waals surface area contributed by atoms with Gasteiger partial charge in [-0.1, -0.05) is 49.6 Å². The third-order valence-electron chi connectivity index (χ3n) is 5.57. The van der Waals surface area contributed by atoms with Gasteiger partial charge in [-0.05, 0) is 30.5 Å². The Kier molecular flexibility index (Phi) is 5.55. The number of hydrogen-bond donors (Lipinski definition) is 1. The lowest BCUT2D eigenvalue weighted by atomic mass is 9.89. The van der Waals surface area contributed by atoms with Crippen molar-refractivity contribution in [2.45, 2.75) is 45.2 Å². The second kappa shape index (κ2) is 8.42. The summed E-state index contributed by atoms with van der Waals surface area (Å²) in [7, 11) is 0. The molecule has 0 unspecified atom stereocenters. The third-order valence-corrected chi connectivity index (χ3v) is 5.57. The number of carbonyl (C=O) groups is 1. The molecule has 4 rings (SSSR count). The number of aromatic nitrogens is 3. The quantitative estimate of drug-likeness (QED) is 0.717. The van der Waals surface area contributed by atoms with Gasteiger partial charge in [0.2, 0.25) is 5.91 Å². The van der Waals surface area contributed by atoms with Gasteiger partial charge in [-0.3, -0.25) is 13.9 Å². The molecule has 0 spiro atoms. The molecule has 2 heterocycles. The lowest BCUT2D eigenvalue weighted by Gasteiger charge is -2.20. The van der Waals surface area contributed by atoms with Crippen LogP contribution in [0.15, 0.2) is 53.5 Å². The number of carbonyl (C=O) groups excluding carboxylic acids is 1. The van der Waals surface area contributed by atoms with Crippen LogP contribution in [-0.4, -0.2) is 26.6 Å². The van der Waals surface area contributed by atoms with E-state index in [4.69, 9.17) is 0 Å². The van der Waals surface area contributed by atoms with Crippen LogP contribution in [0.25, 0.3) is 11.2 Å². The Morgan fingerprint density at radius 3 is 2.61 bits per heavy atom. The number of fused-ring (bicyclic) bond motifs is 1. The maximum atomic E-state index is 13.0. The number of nitrogens with zero attached hydrogens (tertiary/aromatic N) is 3. The highest BCUT2D eigenvalue weighted by Crippen LogP contribution is 2.23. The van der Waals surface area contributed by atoms with E-state index in [2.05, 4.69) is 10.3 Å². The van der Waals surface area contributed by atoms with Crippen LogP contribution >= 0.6 is 0 Å². The summed E-state index contributed by atoms with van der Waals surface area (Å²) in [5.41, 5.74) is 2.45. The van der Waals surface area contributed by atoms with E-state index in [0.29, 0.717) is 25.3 Å². The number of amides is 1. The molecular weight excluding hydrogens is 352 g/mol. The van der Waals surface area contributed by atoms with Crippen molar-refractivity contribution in [1.82, 2.24) is 19.4 Å². The van der Waals surface area contributed by atoms with Gasteiger partial charge in [-0.15, -0.1) is 0 Å². The summed E-state index contributed by atoms with van der Waals surface area (Å²) in [6.07, 6.45) is 7.15. The summed E-state index contributed by atoms with van der Waals surface area (Å²) >= 11 is 0. The van der Waals surface area contributed by atoms with E-state index < -0.39 is 0 Å². The third kappa shape index (κ3) is 3.86. The van der Waals surface area contributed by atoms with Crippen molar-refractivity contribution in [3.05, 3.63) is 64.7 Å². The fraction of sp³-hybridized carbons (Fsp3) is 0.409. The van der Waals surface area contributed by atoms with E-state index in [1.807, 2.05) is 42.5 Å². The highest BCUT2D eigenvalue weighted by molar-refractivity contribution is 5.78. The number of rotatable bonds is 6. The van der Waals surface area contributed by atoms with E-state index in [9.17, 15) is 9.59 Å². The standard InChI is InChI=1S/C22H26N4O2/c27-21(18-10-5-2-6-11-18)24-14-15-25-20-19(12-7-13-23-20)26(22(25)28)16-17-8-3-1-4-9-17/h1,3-4,7-9,12-13,18H,2,5-6,10-11,14-16H2,(H,24,27). The first-order valence-electron chi connectivity index (χ1n) is 10.1. The van der Waals surface area contributed by atoms with Crippen LogP contribution in [0.2, 0.25) is 0 Å². The molecule has 1 aliphatic rings. The van der Waals surface area contributed by atoms with E-state index in [1.165, 1.54) is 6.42 Å². The Bertz CT molecular complexity index is 1000. The van der Waals surface area contributed by atoms with Gasteiger partial charge < -0.3 is 5.32 Å². The average Bonchev–Trinajstić information content (AvgIpc) is 3.01.